The largest absolute Gasteiger partial charge is 0.368 e. The van der Waals surface area contributed by atoms with E-state index in [2.05, 4.69) is 51.5 Å². The van der Waals surface area contributed by atoms with Crippen LogP contribution < -0.4 is 10.2 Å². The molecule has 1 fully saturated rings. The van der Waals surface area contributed by atoms with Crippen LogP contribution in [0.3, 0.4) is 0 Å². The van der Waals surface area contributed by atoms with Crippen LogP contribution in [0.2, 0.25) is 0 Å². The third-order valence-electron chi connectivity index (χ3n) is 4.82. The van der Waals surface area contributed by atoms with Crippen LogP contribution >= 0.6 is 0 Å². The molecular formula is C21H23N5O2. The Morgan fingerprint density at radius 1 is 1.07 bits per heavy atom. The van der Waals surface area contributed by atoms with Crippen molar-refractivity contribution in [3.8, 4) is 0 Å². The van der Waals surface area contributed by atoms with E-state index in [1.165, 1.54) is 11.3 Å². The van der Waals surface area contributed by atoms with Gasteiger partial charge < -0.3 is 19.6 Å². The Balaban J connectivity index is 1.36. The fourth-order valence-corrected chi connectivity index (χ4v) is 3.32. The molecule has 1 aliphatic rings. The highest BCUT2D eigenvalue weighted by atomic mass is 16.5. The number of hydrogen-bond donors (Lipinski definition) is 1. The molecule has 0 unspecified atom stereocenters. The van der Waals surface area contributed by atoms with Crippen molar-refractivity contribution in [1.82, 2.24) is 15.0 Å². The maximum absolute atomic E-state index is 12.8. The third-order valence-corrected chi connectivity index (χ3v) is 4.82. The van der Waals surface area contributed by atoms with E-state index >= 15 is 0 Å². The normalized spacial score (nSPS) is 14.2. The van der Waals surface area contributed by atoms with Crippen molar-refractivity contribution >= 4 is 23.1 Å². The summed E-state index contributed by atoms with van der Waals surface area (Å²) in [7, 11) is 0. The Morgan fingerprint density at radius 2 is 1.89 bits per heavy atom. The van der Waals surface area contributed by atoms with Crippen molar-refractivity contribution in [3.63, 3.8) is 0 Å². The first kappa shape index (κ1) is 18.0. The van der Waals surface area contributed by atoms with Crippen molar-refractivity contribution in [3.05, 3.63) is 65.7 Å². The molecule has 0 bridgehead atoms. The monoisotopic (exact) mass is 377 g/mol. The third kappa shape index (κ3) is 3.98. The number of aromatic nitrogens is 2. The number of pyridine rings is 1. The first-order valence-corrected chi connectivity index (χ1v) is 9.36. The second-order valence-electron chi connectivity index (χ2n) is 7.00. The van der Waals surface area contributed by atoms with E-state index in [-0.39, 0.29) is 5.91 Å². The Kier molecular flexibility index (Phi) is 4.97. The summed E-state index contributed by atoms with van der Waals surface area (Å²) in [5.41, 5.74) is 3.67. The fraction of sp³-hybridized carbons (Fsp3) is 0.286. The van der Waals surface area contributed by atoms with E-state index < -0.39 is 0 Å². The Bertz CT molecular complexity index is 959. The first-order valence-electron chi connectivity index (χ1n) is 9.36. The molecule has 0 spiro atoms. The van der Waals surface area contributed by atoms with Gasteiger partial charge in [0, 0.05) is 37.9 Å². The lowest BCUT2D eigenvalue weighted by atomic mass is 10.2. The van der Waals surface area contributed by atoms with Crippen LogP contribution in [-0.2, 0) is 0 Å². The van der Waals surface area contributed by atoms with E-state index in [4.69, 9.17) is 4.52 Å². The summed E-state index contributed by atoms with van der Waals surface area (Å²) in [6, 6.07) is 13.8. The zero-order valence-electron chi connectivity index (χ0n) is 16.1. The van der Waals surface area contributed by atoms with Crippen molar-refractivity contribution in [1.29, 1.82) is 0 Å². The van der Waals surface area contributed by atoms with Gasteiger partial charge in [0.1, 0.15) is 11.5 Å². The Hall–Kier alpha value is -3.35. The van der Waals surface area contributed by atoms with E-state index in [0.29, 0.717) is 24.6 Å². The molecular weight excluding hydrogens is 354 g/mol. The summed E-state index contributed by atoms with van der Waals surface area (Å²) in [4.78, 5) is 21.3. The van der Waals surface area contributed by atoms with Crippen LogP contribution in [0.5, 0.6) is 0 Å². The lowest BCUT2D eigenvalue weighted by molar-refractivity contribution is 0.0741. The molecule has 0 aliphatic carbocycles. The zero-order valence-corrected chi connectivity index (χ0v) is 16.1. The van der Waals surface area contributed by atoms with Gasteiger partial charge in [-0.25, -0.2) is 4.98 Å². The van der Waals surface area contributed by atoms with Gasteiger partial charge in [-0.3, -0.25) is 4.79 Å². The minimum absolute atomic E-state index is 0.0345. The Labute approximate surface area is 164 Å². The SMILES string of the molecule is Cc1cccc(N2CCN(C(=O)c3ccc(Nc4cc(C)on4)cn3)CC2)c1. The standard InChI is InChI=1S/C21H23N5O2/c1-15-4-3-5-18(12-15)25-8-10-26(11-9-25)21(27)19-7-6-17(14-22-19)23-20-13-16(2)28-24-20/h3-7,12-14H,8-11H2,1-2H3,(H,23,24). The maximum atomic E-state index is 12.8. The molecule has 144 valence electrons. The van der Waals surface area contributed by atoms with E-state index in [9.17, 15) is 4.79 Å². The molecule has 0 atom stereocenters. The average Bonchev–Trinajstić information content (AvgIpc) is 3.13. The fourth-order valence-electron chi connectivity index (χ4n) is 3.32. The lowest BCUT2D eigenvalue weighted by Crippen LogP contribution is -2.49. The predicted molar refractivity (Wildman–Crippen MR) is 108 cm³/mol. The number of hydrogen-bond acceptors (Lipinski definition) is 6. The maximum Gasteiger partial charge on any atom is 0.272 e. The molecule has 1 aliphatic heterocycles. The summed E-state index contributed by atoms with van der Waals surface area (Å²) in [6.45, 7) is 6.94. The molecule has 28 heavy (non-hydrogen) atoms. The number of carbonyl (C=O) groups excluding carboxylic acids is 1. The van der Waals surface area contributed by atoms with Crippen LogP contribution in [0.1, 0.15) is 21.8 Å². The van der Waals surface area contributed by atoms with Gasteiger partial charge in [0.2, 0.25) is 0 Å². The van der Waals surface area contributed by atoms with Crippen LogP contribution in [0.15, 0.2) is 53.2 Å². The minimum Gasteiger partial charge on any atom is -0.368 e. The smallest absolute Gasteiger partial charge is 0.272 e. The van der Waals surface area contributed by atoms with Gasteiger partial charge in [-0.2, -0.15) is 0 Å². The molecule has 1 saturated heterocycles. The summed E-state index contributed by atoms with van der Waals surface area (Å²) >= 11 is 0. The summed E-state index contributed by atoms with van der Waals surface area (Å²) in [6.07, 6.45) is 1.64. The number of carbonyl (C=O) groups is 1. The van der Waals surface area contributed by atoms with Gasteiger partial charge in [0.05, 0.1) is 11.9 Å². The number of nitrogens with one attached hydrogen (secondary N) is 1. The van der Waals surface area contributed by atoms with E-state index in [0.717, 1.165) is 24.5 Å². The van der Waals surface area contributed by atoms with Crippen LogP contribution in [0.4, 0.5) is 17.2 Å². The quantitative estimate of drug-likeness (QED) is 0.751. The second-order valence-corrected chi connectivity index (χ2v) is 7.00. The summed E-state index contributed by atoms with van der Waals surface area (Å²) in [5.74, 6) is 1.31. The number of nitrogens with zero attached hydrogens (tertiary/aromatic N) is 4. The number of piperazine rings is 1. The molecule has 0 saturated carbocycles. The molecule has 0 radical (unpaired) electrons. The van der Waals surface area contributed by atoms with Gasteiger partial charge in [-0.15, -0.1) is 0 Å². The molecule has 1 N–H and O–H groups in total. The highest BCUT2D eigenvalue weighted by Crippen LogP contribution is 2.19. The van der Waals surface area contributed by atoms with Crippen LogP contribution in [-0.4, -0.2) is 47.1 Å². The number of benzene rings is 1. The molecule has 7 nitrogen and oxygen atoms in total. The van der Waals surface area contributed by atoms with Gasteiger partial charge in [-0.1, -0.05) is 17.3 Å². The van der Waals surface area contributed by atoms with Crippen LogP contribution in [0, 0.1) is 13.8 Å². The molecule has 3 heterocycles. The topological polar surface area (TPSA) is 74.5 Å². The number of rotatable bonds is 4. The highest BCUT2D eigenvalue weighted by Gasteiger charge is 2.23. The molecule has 1 aromatic carbocycles. The number of anilines is 3. The molecule has 4 rings (SSSR count). The molecule has 3 aromatic rings. The minimum atomic E-state index is -0.0345. The summed E-state index contributed by atoms with van der Waals surface area (Å²) in [5, 5.41) is 6.99. The zero-order chi connectivity index (χ0) is 19.5. The second kappa shape index (κ2) is 7.72. The van der Waals surface area contributed by atoms with Crippen molar-refractivity contribution in [2.75, 3.05) is 36.4 Å². The molecule has 1 amide bonds. The lowest BCUT2D eigenvalue weighted by Gasteiger charge is -2.36. The Morgan fingerprint density at radius 3 is 2.54 bits per heavy atom. The van der Waals surface area contributed by atoms with Gasteiger partial charge in [0.15, 0.2) is 5.82 Å². The van der Waals surface area contributed by atoms with E-state index in [1.54, 1.807) is 18.3 Å². The van der Waals surface area contributed by atoms with Crippen molar-refractivity contribution in [2.24, 2.45) is 0 Å². The van der Waals surface area contributed by atoms with Gasteiger partial charge in [0.25, 0.3) is 5.91 Å². The predicted octanol–water partition coefficient (Wildman–Crippen LogP) is 3.39. The molecule has 2 aromatic heterocycles. The average molecular weight is 377 g/mol. The highest BCUT2D eigenvalue weighted by molar-refractivity contribution is 5.92. The first-order chi connectivity index (χ1) is 13.6. The van der Waals surface area contributed by atoms with E-state index in [1.807, 2.05) is 17.9 Å². The van der Waals surface area contributed by atoms with Crippen molar-refractivity contribution in [2.45, 2.75) is 13.8 Å². The number of aryl methyl sites for hydroxylation is 2. The van der Waals surface area contributed by atoms with Gasteiger partial charge >= 0.3 is 0 Å². The van der Waals surface area contributed by atoms with Gasteiger partial charge in [-0.05, 0) is 43.7 Å². The number of amides is 1. The van der Waals surface area contributed by atoms with Crippen LogP contribution in [0.25, 0.3) is 0 Å². The molecule has 7 heteroatoms. The summed E-state index contributed by atoms with van der Waals surface area (Å²) < 4.78 is 5.03. The van der Waals surface area contributed by atoms with Crippen molar-refractivity contribution < 1.29 is 9.32 Å².